The van der Waals surface area contributed by atoms with Crippen LogP contribution in [0.4, 0.5) is 4.39 Å². The average molecular weight is 374 g/mol. The van der Waals surface area contributed by atoms with Crippen LogP contribution < -0.4 is 5.32 Å². The molecule has 0 aliphatic rings. The van der Waals surface area contributed by atoms with Gasteiger partial charge in [0.05, 0.1) is 17.4 Å². The van der Waals surface area contributed by atoms with Crippen LogP contribution in [0.2, 0.25) is 0 Å². The van der Waals surface area contributed by atoms with E-state index in [1.54, 1.807) is 23.0 Å². The summed E-state index contributed by atoms with van der Waals surface area (Å²) in [6.07, 6.45) is 3.19. The number of hydrogen-bond acceptors (Lipinski definition) is 2. The van der Waals surface area contributed by atoms with Crippen molar-refractivity contribution in [3.8, 4) is 5.69 Å². The van der Waals surface area contributed by atoms with Gasteiger partial charge in [-0.05, 0) is 42.0 Å². The Morgan fingerprint density at radius 1 is 1.13 bits per heavy atom. The predicted octanol–water partition coefficient (Wildman–Crippen LogP) is 3.70. The Balaban J connectivity index is 1.66. The van der Waals surface area contributed by atoms with E-state index in [9.17, 15) is 9.18 Å². The van der Waals surface area contributed by atoms with E-state index < -0.39 is 0 Å². The molecule has 1 heterocycles. The summed E-state index contributed by atoms with van der Waals surface area (Å²) in [5.74, 6) is -0.520. The maximum atomic E-state index is 12.8. The van der Waals surface area contributed by atoms with Crippen LogP contribution >= 0.6 is 15.9 Å². The Bertz CT molecular complexity index is 813. The molecule has 1 amide bonds. The van der Waals surface area contributed by atoms with Crippen molar-refractivity contribution in [2.45, 2.75) is 6.54 Å². The fourth-order valence-corrected chi connectivity index (χ4v) is 2.33. The average Bonchev–Trinajstić information content (AvgIpc) is 3.05. The van der Waals surface area contributed by atoms with Gasteiger partial charge in [0, 0.05) is 17.2 Å². The Morgan fingerprint density at radius 2 is 1.83 bits per heavy atom. The van der Waals surface area contributed by atoms with Crippen LogP contribution in [0.5, 0.6) is 0 Å². The van der Waals surface area contributed by atoms with Gasteiger partial charge in [-0.25, -0.2) is 9.07 Å². The lowest BCUT2D eigenvalue weighted by atomic mass is 10.2. The fraction of sp³-hybridized carbons (Fsp3) is 0.0588. The Hall–Kier alpha value is -2.47. The number of nitrogens with zero attached hydrogens (tertiary/aromatic N) is 2. The molecule has 3 aromatic rings. The SMILES string of the molecule is O=C(NCc1ccc(F)cc1)c1cnn(-c2ccc(Br)cc2)c1. The van der Waals surface area contributed by atoms with Crippen molar-refractivity contribution in [1.82, 2.24) is 15.1 Å². The van der Waals surface area contributed by atoms with Gasteiger partial charge in [-0.15, -0.1) is 0 Å². The van der Waals surface area contributed by atoms with Crippen LogP contribution in [0.3, 0.4) is 0 Å². The Morgan fingerprint density at radius 3 is 2.52 bits per heavy atom. The molecule has 23 heavy (non-hydrogen) atoms. The summed E-state index contributed by atoms with van der Waals surface area (Å²) >= 11 is 3.38. The summed E-state index contributed by atoms with van der Waals surface area (Å²) in [5, 5.41) is 6.98. The van der Waals surface area contributed by atoms with Gasteiger partial charge in [0.2, 0.25) is 0 Å². The minimum atomic E-state index is -0.296. The number of amides is 1. The number of hydrogen-bond donors (Lipinski definition) is 1. The standard InChI is InChI=1S/C17H13BrFN3O/c18-14-3-7-16(8-4-14)22-11-13(10-21-22)17(23)20-9-12-1-5-15(19)6-2-12/h1-8,10-11H,9H2,(H,20,23). The third-order valence-corrected chi connectivity index (χ3v) is 3.83. The van der Waals surface area contributed by atoms with Gasteiger partial charge in [-0.3, -0.25) is 4.79 Å². The highest BCUT2D eigenvalue weighted by Gasteiger charge is 2.09. The number of aromatic nitrogens is 2. The van der Waals surface area contributed by atoms with Gasteiger partial charge in [0.15, 0.2) is 0 Å². The Labute approximate surface area is 141 Å². The van der Waals surface area contributed by atoms with Crippen LogP contribution in [-0.2, 0) is 6.54 Å². The molecule has 6 heteroatoms. The van der Waals surface area contributed by atoms with Crippen molar-refractivity contribution in [3.05, 3.63) is 82.3 Å². The van der Waals surface area contributed by atoms with Gasteiger partial charge in [0.1, 0.15) is 5.82 Å². The molecule has 1 aromatic heterocycles. The lowest BCUT2D eigenvalue weighted by molar-refractivity contribution is 0.0951. The number of halogens is 2. The molecular weight excluding hydrogens is 361 g/mol. The molecule has 116 valence electrons. The quantitative estimate of drug-likeness (QED) is 0.757. The third kappa shape index (κ3) is 3.84. The van der Waals surface area contributed by atoms with Gasteiger partial charge >= 0.3 is 0 Å². The smallest absolute Gasteiger partial charge is 0.254 e. The van der Waals surface area contributed by atoms with E-state index in [0.717, 1.165) is 15.7 Å². The van der Waals surface area contributed by atoms with Gasteiger partial charge < -0.3 is 5.32 Å². The second kappa shape index (κ2) is 6.75. The molecule has 0 saturated heterocycles. The molecular formula is C17H13BrFN3O. The zero-order valence-electron chi connectivity index (χ0n) is 12.0. The Kier molecular flexibility index (Phi) is 4.52. The molecule has 0 unspecified atom stereocenters. The van der Waals surface area contributed by atoms with E-state index in [0.29, 0.717) is 12.1 Å². The minimum Gasteiger partial charge on any atom is -0.348 e. The topological polar surface area (TPSA) is 46.9 Å². The molecule has 2 aromatic carbocycles. The maximum absolute atomic E-state index is 12.8. The molecule has 4 nitrogen and oxygen atoms in total. The molecule has 0 fully saturated rings. The first kappa shape index (κ1) is 15.4. The molecule has 0 atom stereocenters. The zero-order valence-corrected chi connectivity index (χ0v) is 13.6. The molecule has 0 spiro atoms. The van der Waals surface area contributed by atoms with Crippen molar-refractivity contribution in [2.75, 3.05) is 0 Å². The molecule has 0 bridgehead atoms. The van der Waals surface area contributed by atoms with Crippen LogP contribution in [0, 0.1) is 5.82 Å². The van der Waals surface area contributed by atoms with Gasteiger partial charge in [-0.2, -0.15) is 5.10 Å². The maximum Gasteiger partial charge on any atom is 0.254 e. The van der Waals surface area contributed by atoms with Crippen LogP contribution in [-0.4, -0.2) is 15.7 Å². The fourth-order valence-electron chi connectivity index (χ4n) is 2.06. The number of nitrogens with one attached hydrogen (secondary N) is 1. The highest BCUT2D eigenvalue weighted by Crippen LogP contribution is 2.14. The lowest BCUT2D eigenvalue weighted by Gasteiger charge is -2.04. The molecule has 1 N–H and O–H groups in total. The van der Waals surface area contributed by atoms with Crippen molar-refractivity contribution in [2.24, 2.45) is 0 Å². The van der Waals surface area contributed by atoms with Crippen LogP contribution in [0.15, 0.2) is 65.4 Å². The monoisotopic (exact) mass is 373 g/mol. The first-order valence-electron chi connectivity index (χ1n) is 6.95. The van der Waals surface area contributed by atoms with E-state index in [-0.39, 0.29) is 11.7 Å². The summed E-state index contributed by atoms with van der Waals surface area (Å²) in [6.45, 7) is 0.336. The van der Waals surface area contributed by atoms with Crippen molar-refractivity contribution in [1.29, 1.82) is 0 Å². The summed E-state index contributed by atoms with van der Waals surface area (Å²) in [4.78, 5) is 12.1. The van der Waals surface area contributed by atoms with Gasteiger partial charge in [0.25, 0.3) is 5.91 Å². The molecule has 0 aliphatic carbocycles. The summed E-state index contributed by atoms with van der Waals surface area (Å²) < 4.78 is 15.5. The first-order valence-corrected chi connectivity index (χ1v) is 7.74. The highest BCUT2D eigenvalue weighted by molar-refractivity contribution is 9.10. The van der Waals surface area contributed by atoms with Crippen molar-refractivity contribution in [3.63, 3.8) is 0 Å². The van der Waals surface area contributed by atoms with Crippen molar-refractivity contribution >= 4 is 21.8 Å². The lowest BCUT2D eigenvalue weighted by Crippen LogP contribution is -2.22. The van der Waals surface area contributed by atoms with E-state index in [1.165, 1.54) is 18.3 Å². The third-order valence-electron chi connectivity index (χ3n) is 3.30. The van der Waals surface area contributed by atoms with Gasteiger partial charge in [-0.1, -0.05) is 28.1 Å². The van der Waals surface area contributed by atoms with Crippen LogP contribution in [0.1, 0.15) is 15.9 Å². The normalized spacial score (nSPS) is 10.5. The highest BCUT2D eigenvalue weighted by atomic mass is 79.9. The molecule has 0 radical (unpaired) electrons. The summed E-state index contributed by atoms with van der Waals surface area (Å²) in [6, 6.07) is 13.6. The number of benzene rings is 2. The summed E-state index contributed by atoms with van der Waals surface area (Å²) in [5.41, 5.74) is 2.17. The van der Waals surface area contributed by atoms with E-state index in [2.05, 4.69) is 26.3 Å². The second-order valence-electron chi connectivity index (χ2n) is 4.96. The van der Waals surface area contributed by atoms with Crippen molar-refractivity contribution < 1.29 is 9.18 Å². The minimum absolute atomic E-state index is 0.224. The van der Waals surface area contributed by atoms with E-state index in [1.807, 2.05) is 24.3 Å². The summed E-state index contributed by atoms with van der Waals surface area (Å²) in [7, 11) is 0. The number of carbonyl (C=O) groups is 1. The molecule has 3 rings (SSSR count). The molecule has 0 aliphatic heterocycles. The first-order chi connectivity index (χ1) is 11.1. The largest absolute Gasteiger partial charge is 0.348 e. The van der Waals surface area contributed by atoms with E-state index >= 15 is 0 Å². The predicted molar refractivity (Wildman–Crippen MR) is 88.8 cm³/mol. The van der Waals surface area contributed by atoms with E-state index in [4.69, 9.17) is 0 Å². The second-order valence-corrected chi connectivity index (χ2v) is 5.87. The van der Waals surface area contributed by atoms with Crippen LogP contribution in [0.25, 0.3) is 5.69 Å². The number of carbonyl (C=O) groups excluding carboxylic acids is 1. The number of rotatable bonds is 4. The zero-order chi connectivity index (χ0) is 16.2. The molecule has 0 saturated carbocycles.